The molecule has 0 aliphatic rings. The first-order chi connectivity index (χ1) is 19.2. The van der Waals surface area contributed by atoms with Gasteiger partial charge in [0, 0.05) is 68.7 Å². The van der Waals surface area contributed by atoms with E-state index in [1.807, 2.05) is 57.5 Å². The van der Waals surface area contributed by atoms with Crippen molar-refractivity contribution in [2.45, 2.75) is 20.3 Å². The Labute approximate surface area is 237 Å². The zero-order chi connectivity index (χ0) is 29.2. The maximum Gasteiger partial charge on any atom is 0.247 e. The van der Waals surface area contributed by atoms with Gasteiger partial charge in [-0.1, -0.05) is 6.58 Å². The summed E-state index contributed by atoms with van der Waals surface area (Å²) in [4.78, 5) is 40.8. The van der Waals surface area contributed by atoms with Crippen molar-refractivity contribution in [3.63, 3.8) is 0 Å². The van der Waals surface area contributed by atoms with Gasteiger partial charge in [-0.3, -0.25) is 9.59 Å². The van der Waals surface area contributed by atoms with E-state index >= 15 is 0 Å². The van der Waals surface area contributed by atoms with Gasteiger partial charge in [-0.2, -0.15) is 0 Å². The van der Waals surface area contributed by atoms with Crippen LogP contribution in [0.1, 0.15) is 41.3 Å². The van der Waals surface area contributed by atoms with Gasteiger partial charge < -0.3 is 24.8 Å². The summed E-state index contributed by atoms with van der Waals surface area (Å²) in [6.07, 6.45) is 3.14. The lowest BCUT2D eigenvalue weighted by atomic mass is 10.1. The molecule has 0 atom stereocenters. The Hall–Kier alpha value is -4.24. The minimum atomic E-state index is -0.311. The maximum absolute atomic E-state index is 13.2. The van der Waals surface area contributed by atoms with Gasteiger partial charge in [0.25, 0.3) is 0 Å². The third-order valence-electron chi connectivity index (χ3n) is 6.68. The summed E-state index contributed by atoms with van der Waals surface area (Å²) in [6.45, 7) is 11.2. The van der Waals surface area contributed by atoms with Crippen LogP contribution in [0.3, 0.4) is 0 Å². The topological polar surface area (TPSA) is 90.9 Å². The molecule has 0 fully saturated rings. The quantitative estimate of drug-likeness (QED) is 0.238. The Morgan fingerprint density at radius 3 is 2.33 bits per heavy atom. The number of rotatable bonds is 14. The number of aromatic nitrogens is 2. The third-order valence-corrected chi connectivity index (χ3v) is 6.68. The third kappa shape index (κ3) is 7.66. The number of carbonyl (C=O) groups is 2. The molecule has 9 nitrogen and oxygen atoms in total. The van der Waals surface area contributed by atoms with Crippen molar-refractivity contribution in [3.05, 3.63) is 84.0 Å². The summed E-state index contributed by atoms with van der Waals surface area (Å²) < 4.78 is 5.72. The fourth-order valence-electron chi connectivity index (χ4n) is 4.35. The molecule has 1 N–H and O–H groups in total. The van der Waals surface area contributed by atoms with Gasteiger partial charge in [0.1, 0.15) is 17.3 Å². The highest BCUT2D eigenvalue weighted by atomic mass is 16.5. The first kappa shape index (κ1) is 30.3. The van der Waals surface area contributed by atoms with E-state index in [0.717, 1.165) is 43.1 Å². The van der Waals surface area contributed by atoms with Crippen LogP contribution < -0.4 is 19.9 Å². The van der Waals surface area contributed by atoms with Crippen molar-refractivity contribution in [2.75, 3.05) is 69.5 Å². The Kier molecular flexibility index (Phi) is 10.8. The van der Waals surface area contributed by atoms with E-state index < -0.39 is 0 Å². The summed E-state index contributed by atoms with van der Waals surface area (Å²) in [5, 5.41) is 2.91. The van der Waals surface area contributed by atoms with Crippen LogP contribution in [-0.2, 0) is 11.2 Å². The number of amides is 1. The highest BCUT2D eigenvalue weighted by Gasteiger charge is 2.18. The molecule has 0 saturated carbocycles. The number of nitrogens with one attached hydrogen (secondary N) is 1. The minimum Gasteiger partial charge on any atom is -0.496 e. The van der Waals surface area contributed by atoms with Crippen molar-refractivity contribution >= 4 is 28.8 Å². The van der Waals surface area contributed by atoms with Gasteiger partial charge in [-0.15, -0.1) is 0 Å². The standard InChI is InChI=1S/C31H40N6O3/c1-8-30(38)34-26-19-23(28(40-7)21-27(26)36(6)18-17-35(4)5)20-29-32-16-15-25(33-29)31(39)22-11-13-24(14-12-22)37(9-2)10-3/h8,11-16,19,21H,1,9-10,17-18,20H2,2-7H3,(H,34,38). The summed E-state index contributed by atoms with van der Waals surface area (Å²) in [5.74, 6) is 0.627. The Morgan fingerprint density at radius 2 is 1.73 bits per heavy atom. The van der Waals surface area contributed by atoms with E-state index in [9.17, 15) is 9.59 Å². The van der Waals surface area contributed by atoms with Crippen LogP contribution in [0, 0.1) is 0 Å². The molecule has 0 aliphatic heterocycles. The SMILES string of the molecule is C=CC(=O)Nc1cc(Cc2nccc(C(=O)c3ccc(N(CC)CC)cc3)n2)c(OC)cc1N(C)CCN(C)C. The molecule has 1 amide bonds. The van der Waals surface area contributed by atoms with E-state index in [1.165, 1.54) is 6.08 Å². The van der Waals surface area contributed by atoms with Gasteiger partial charge in [-0.05, 0) is 70.4 Å². The van der Waals surface area contributed by atoms with Crippen molar-refractivity contribution in [1.29, 1.82) is 0 Å². The highest BCUT2D eigenvalue weighted by Crippen LogP contribution is 2.34. The number of hydrogen-bond acceptors (Lipinski definition) is 8. The molecular weight excluding hydrogens is 504 g/mol. The number of benzene rings is 2. The lowest BCUT2D eigenvalue weighted by Crippen LogP contribution is -2.29. The molecule has 1 aromatic heterocycles. The molecule has 0 saturated heterocycles. The number of anilines is 3. The largest absolute Gasteiger partial charge is 0.496 e. The van der Waals surface area contributed by atoms with E-state index in [4.69, 9.17) is 4.74 Å². The van der Waals surface area contributed by atoms with Gasteiger partial charge in [0.15, 0.2) is 0 Å². The normalized spacial score (nSPS) is 10.8. The molecule has 9 heteroatoms. The number of methoxy groups -OCH3 is 1. The van der Waals surface area contributed by atoms with Gasteiger partial charge in [0.2, 0.25) is 11.7 Å². The van der Waals surface area contributed by atoms with E-state index in [1.54, 1.807) is 19.4 Å². The van der Waals surface area contributed by atoms with Crippen molar-refractivity contribution in [1.82, 2.24) is 14.9 Å². The molecule has 40 heavy (non-hydrogen) atoms. The van der Waals surface area contributed by atoms with Crippen molar-refractivity contribution in [3.8, 4) is 5.75 Å². The predicted molar refractivity (Wildman–Crippen MR) is 162 cm³/mol. The first-order valence-electron chi connectivity index (χ1n) is 13.4. The number of ketones is 1. The summed E-state index contributed by atoms with van der Waals surface area (Å²) >= 11 is 0. The second kappa shape index (κ2) is 14.2. The fraction of sp³-hybridized carbons (Fsp3) is 0.355. The Balaban J connectivity index is 1.91. The second-order valence-electron chi connectivity index (χ2n) is 9.68. The zero-order valence-corrected chi connectivity index (χ0v) is 24.4. The molecule has 0 spiro atoms. The van der Waals surface area contributed by atoms with Gasteiger partial charge in [0.05, 0.1) is 18.5 Å². The molecular formula is C31H40N6O3. The van der Waals surface area contributed by atoms with Crippen LogP contribution >= 0.6 is 0 Å². The highest BCUT2D eigenvalue weighted by molar-refractivity contribution is 6.07. The molecule has 212 valence electrons. The van der Waals surface area contributed by atoms with Crippen molar-refractivity contribution < 1.29 is 14.3 Å². The predicted octanol–water partition coefficient (Wildman–Crippen LogP) is 4.28. The lowest BCUT2D eigenvalue weighted by molar-refractivity contribution is -0.111. The average molecular weight is 545 g/mol. The van der Waals surface area contributed by atoms with Crippen LogP contribution in [0.4, 0.5) is 17.1 Å². The number of hydrogen-bond donors (Lipinski definition) is 1. The molecule has 0 bridgehead atoms. The molecule has 0 radical (unpaired) electrons. The van der Waals surface area contributed by atoms with E-state index in [2.05, 4.69) is 50.4 Å². The first-order valence-corrected chi connectivity index (χ1v) is 13.4. The maximum atomic E-state index is 13.2. The number of likely N-dealkylation sites (N-methyl/N-ethyl adjacent to an activating group) is 2. The molecule has 0 unspecified atom stereocenters. The van der Waals surface area contributed by atoms with Crippen LogP contribution in [0.25, 0.3) is 0 Å². The second-order valence-corrected chi connectivity index (χ2v) is 9.68. The van der Waals surface area contributed by atoms with Gasteiger partial charge in [-0.25, -0.2) is 9.97 Å². The molecule has 1 heterocycles. The number of ether oxygens (including phenoxy) is 1. The molecule has 3 rings (SSSR count). The molecule has 3 aromatic rings. The zero-order valence-electron chi connectivity index (χ0n) is 24.4. The summed E-state index contributed by atoms with van der Waals surface area (Å²) in [5.41, 5.74) is 4.18. The van der Waals surface area contributed by atoms with Crippen LogP contribution in [0.2, 0.25) is 0 Å². The van der Waals surface area contributed by atoms with Gasteiger partial charge >= 0.3 is 0 Å². The van der Waals surface area contributed by atoms with E-state index in [-0.39, 0.29) is 11.7 Å². The Morgan fingerprint density at radius 1 is 1.02 bits per heavy atom. The lowest BCUT2D eigenvalue weighted by Gasteiger charge is -2.25. The van der Waals surface area contributed by atoms with Crippen LogP contribution in [0.5, 0.6) is 5.75 Å². The number of carbonyl (C=O) groups excluding carboxylic acids is 2. The monoisotopic (exact) mass is 544 g/mol. The average Bonchev–Trinajstić information content (AvgIpc) is 2.96. The summed E-state index contributed by atoms with van der Waals surface area (Å²) in [7, 11) is 7.59. The van der Waals surface area contributed by atoms with E-state index in [0.29, 0.717) is 34.9 Å². The van der Waals surface area contributed by atoms with Crippen molar-refractivity contribution in [2.24, 2.45) is 0 Å². The Bertz CT molecular complexity index is 1320. The fourth-order valence-corrected chi connectivity index (χ4v) is 4.35. The molecule has 2 aromatic carbocycles. The molecule has 0 aliphatic carbocycles. The van der Waals surface area contributed by atoms with Crippen LogP contribution in [0.15, 0.2) is 61.3 Å². The smallest absolute Gasteiger partial charge is 0.247 e. The van der Waals surface area contributed by atoms with Crippen LogP contribution in [-0.4, -0.2) is 81.0 Å². The summed E-state index contributed by atoms with van der Waals surface area (Å²) in [6, 6.07) is 13.0. The number of nitrogens with zero attached hydrogens (tertiary/aromatic N) is 5. The minimum absolute atomic E-state index is 0.168.